The standard InChI is InChI=1S/C14H24ClN5O/c1-19(2)5-6-20-14(11(15)8-17-20)13(18-16)10-7-9-3-4-12(10)21-9/h8-10,12-13,18H,3-7,16H2,1-2H3. The van der Waals surface area contributed by atoms with Crippen LogP contribution in [-0.4, -0.2) is 47.5 Å². The monoisotopic (exact) mass is 313 g/mol. The molecule has 4 unspecified atom stereocenters. The lowest BCUT2D eigenvalue weighted by atomic mass is 9.82. The number of hydrogen-bond acceptors (Lipinski definition) is 5. The second-order valence-electron chi connectivity index (χ2n) is 6.32. The zero-order chi connectivity index (χ0) is 15.0. The summed E-state index contributed by atoms with van der Waals surface area (Å²) >= 11 is 6.38. The normalized spacial score (nSPS) is 29.5. The Labute approximate surface area is 130 Å². The fourth-order valence-corrected chi connectivity index (χ4v) is 3.85. The smallest absolute Gasteiger partial charge is 0.0834 e. The highest BCUT2D eigenvalue weighted by Crippen LogP contribution is 2.45. The number of nitrogens with two attached hydrogens (primary N) is 1. The van der Waals surface area contributed by atoms with Crippen molar-refractivity contribution in [3.63, 3.8) is 0 Å². The van der Waals surface area contributed by atoms with Crippen molar-refractivity contribution in [2.75, 3.05) is 20.6 Å². The molecule has 3 N–H and O–H groups in total. The van der Waals surface area contributed by atoms with Crippen molar-refractivity contribution < 1.29 is 4.74 Å². The summed E-state index contributed by atoms with van der Waals surface area (Å²) in [7, 11) is 4.10. The van der Waals surface area contributed by atoms with E-state index in [9.17, 15) is 0 Å². The Morgan fingerprint density at radius 1 is 1.57 bits per heavy atom. The van der Waals surface area contributed by atoms with Gasteiger partial charge in [0.1, 0.15) is 0 Å². The SMILES string of the molecule is CN(C)CCn1ncc(Cl)c1C(NN)C1CC2CCC1O2. The highest BCUT2D eigenvalue weighted by atomic mass is 35.5. The van der Waals surface area contributed by atoms with E-state index in [1.54, 1.807) is 6.20 Å². The average Bonchev–Trinajstić information content (AvgIpc) is 3.15. The molecule has 3 rings (SSSR count). The molecule has 1 aromatic heterocycles. The van der Waals surface area contributed by atoms with E-state index in [0.717, 1.165) is 31.6 Å². The Kier molecular flexibility index (Phi) is 4.51. The van der Waals surface area contributed by atoms with Crippen LogP contribution in [0.2, 0.25) is 5.02 Å². The maximum absolute atomic E-state index is 6.38. The molecule has 6 nitrogen and oxygen atoms in total. The van der Waals surface area contributed by atoms with Crippen molar-refractivity contribution in [2.24, 2.45) is 11.8 Å². The molecule has 3 heterocycles. The van der Waals surface area contributed by atoms with Gasteiger partial charge in [0, 0.05) is 12.5 Å². The molecule has 0 spiro atoms. The van der Waals surface area contributed by atoms with Crippen molar-refractivity contribution in [1.82, 2.24) is 20.1 Å². The summed E-state index contributed by atoms with van der Waals surface area (Å²) in [6, 6.07) is -0.00235. The molecule has 0 radical (unpaired) electrons. The predicted molar refractivity (Wildman–Crippen MR) is 81.9 cm³/mol. The molecule has 7 heteroatoms. The third-order valence-corrected chi connectivity index (χ3v) is 4.94. The van der Waals surface area contributed by atoms with Crippen LogP contribution in [0, 0.1) is 5.92 Å². The summed E-state index contributed by atoms with van der Waals surface area (Å²) in [5.74, 6) is 6.23. The highest BCUT2D eigenvalue weighted by molar-refractivity contribution is 6.31. The number of halogens is 1. The largest absolute Gasteiger partial charge is 0.375 e. The first-order valence-corrected chi connectivity index (χ1v) is 7.95. The molecule has 0 aromatic carbocycles. The summed E-state index contributed by atoms with van der Waals surface area (Å²) < 4.78 is 7.94. The fourth-order valence-electron chi connectivity index (χ4n) is 3.59. The number of nitrogens with zero attached hydrogens (tertiary/aromatic N) is 3. The number of likely N-dealkylation sites (N-methyl/N-ethyl adjacent to an activating group) is 1. The van der Waals surface area contributed by atoms with Crippen molar-refractivity contribution in [2.45, 2.75) is 44.1 Å². The van der Waals surface area contributed by atoms with Crippen LogP contribution in [-0.2, 0) is 11.3 Å². The Morgan fingerprint density at radius 3 is 2.95 bits per heavy atom. The minimum absolute atomic E-state index is 0.00235. The number of hydrogen-bond donors (Lipinski definition) is 2. The van der Waals surface area contributed by atoms with Crippen LogP contribution in [0.15, 0.2) is 6.20 Å². The lowest BCUT2D eigenvalue weighted by molar-refractivity contribution is 0.0849. The lowest BCUT2D eigenvalue weighted by Crippen LogP contribution is -2.39. The molecule has 118 valence electrons. The minimum atomic E-state index is -0.00235. The zero-order valence-corrected chi connectivity index (χ0v) is 13.4. The minimum Gasteiger partial charge on any atom is -0.375 e. The van der Waals surface area contributed by atoms with Crippen molar-refractivity contribution in [1.29, 1.82) is 0 Å². The molecule has 1 aromatic rings. The first-order valence-electron chi connectivity index (χ1n) is 7.57. The van der Waals surface area contributed by atoms with Gasteiger partial charge in [0.25, 0.3) is 0 Å². The van der Waals surface area contributed by atoms with E-state index in [2.05, 4.69) is 15.4 Å². The third-order valence-electron chi connectivity index (χ3n) is 4.65. The van der Waals surface area contributed by atoms with Gasteiger partial charge in [-0.1, -0.05) is 11.6 Å². The second kappa shape index (κ2) is 6.22. The molecule has 0 amide bonds. The van der Waals surface area contributed by atoms with E-state index >= 15 is 0 Å². The maximum Gasteiger partial charge on any atom is 0.0834 e. The van der Waals surface area contributed by atoms with Gasteiger partial charge in [-0.3, -0.25) is 16.0 Å². The van der Waals surface area contributed by atoms with Gasteiger partial charge < -0.3 is 9.64 Å². The number of hydrazine groups is 1. The number of rotatable bonds is 6. The fraction of sp³-hybridized carbons (Fsp3) is 0.786. The molecule has 0 saturated carbocycles. The number of fused-ring (bicyclic) bond motifs is 2. The van der Waals surface area contributed by atoms with Gasteiger partial charge in [-0.05, 0) is 33.4 Å². The van der Waals surface area contributed by atoms with E-state index in [4.69, 9.17) is 22.2 Å². The summed E-state index contributed by atoms with van der Waals surface area (Å²) in [4.78, 5) is 2.13. The van der Waals surface area contributed by atoms with E-state index in [-0.39, 0.29) is 6.04 Å². The number of nitrogens with one attached hydrogen (secondary N) is 1. The predicted octanol–water partition coefficient (Wildman–Crippen LogP) is 1.17. The Hall–Kier alpha value is -0.660. The third kappa shape index (κ3) is 2.96. The molecule has 21 heavy (non-hydrogen) atoms. The van der Waals surface area contributed by atoms with E-state index in [1.807, 2.05) is 18.8 Å². The summed E-state index contributed by atoms with van der Waals surface area (Å²) in [6.07, 6.45) is 5.75. The van der Waals surface area contributed by atoms with Crippen molar-refractivity contribution in [3.05, 3.63) is 16.9 Å². The van der Waals surface area contributed by atoms with Crippen LogP contribution >= 0.6 is 11.6 Å². The van der Waals surface area contributed by atoms with Gasteiger partial charge >= 0.3 is 0 Å². The van der Waals surface area contributed by atoms with Gasteiger partial charge in [-0.2, -0.15) is 5.10 Å². The number of ether oxygens (including phenoxy) is 1. The molecule has 2 aliphatic rings. The Bertz CT molecular complexity index is 492. The molecular weight excluding hydrogens is 290 g/mol. The first-order chi connectivity index (χ1) is 10.1. The molecular formula is C14H24ClN5O. The molecule has 2 fully saturated rings. The summed E-state index contributed by atoms with van der Waals surface area (Å²) in [6.45, 7) is 1.71. The summed E-state index contributed by atoms with van der Waals surface area (Å²) in [5, 5.41) is 5.09. The molecule has 2 aliphatic heterocycles. The highest BCUT2D eigenvalue weighted by Gasteiger charge is 2.45. The van der Waals surface area contributed by atoms with Gasteiger partial charge in [0.15, 0.2) is 0 Å². The zero-order valence-electron chi connectivity index (χ0n) is 12.6. The van der Waals surface area contributed by atoms with Gasteiger partial charge in [0.05, 0.1) is 41.7 Å². The molecule has 4 atom stereocenters. The summed E-state index contributed by atoms with van der Waals surface area (Å²) in [5.41, 5.74) is 3.95. The van der Waals surface area contributed by atoms with Gasteiger partial charge in [0.2, 0.25) is 0 Å². The van der Waals surface area contributed by atoms with Crippen LogP contribution in [0.3, 0.4) is 0 Å². The van der Waals surface area contributed by atoms with Crippen LogP contribution in [0.1, 0.15) is 31.0 Å². The van der Waals surface area contributed by atoms with E-state index < -0.39 is 0 Å². The Morgan fingerprint density at radius 2 is 2.38 bits per heavy atom. The topological polar surface area (TPSA) is 68.3 Å². The quantitative estimate of drug-likeness (QED) is 0.609. The van der Waals surface area contributed by atoms with Crippen molar-refractivity contribution >= 4 is 11.6 Å². The molecule has 0 aliphatic carbocycles. The van der Waals surface area contributed by atoms with Gasteiger partial charge in [-0.15, -0.1) is 0 Å². The van der Waals surface area contributed by atoms with E-state index in [1.165, 1.54) is 6.42 Å². The van der Waals surface area contributed by atoms with Crippen LogP contribution in [0.5, 0.6) is 0 Å². The van der Waals surface area contributed by atoms with Crippen molar-refractivity contribution in [3.8, 4) is 0 Å². The molecule has 2 bridgehead atoms. The first kappa shape index (κ1) is 15.2. The maximum atomic E-state index is 6.38. The second-order valence-corrected chi connectivity index (χ2v) is 6.73. The average molecular weight is 314 g/mol. The van der Waals surface area contributed by atoms with Gasteiger partial charge in [-0.25, -0.2) is 0 Å². The van der Waals surface area contributed by atoms with Crippen LogP contribution in [0.4, 0.5) is 0 Å². The molecule has 2 saturated heterocycles. The lowest BCUT2D eigenvalue weighted by Gasteiger charge is -2.29. The van der Waals surface area contributed by atoms with Crippen LogP contribution < -0.4 is 11.3 Å². The Balaban J connectivity index is 1.81. The van der Waals surface area contributed by atoms with E-state index in [0.29, 0.717) is 23.1 Å². The number of aromatic nitrogens is 2. The van der Waals surface area contributed by atoms with Crippen LogP contribution in [0.25, 0.3) is 0 Å².